The molecule has 0 aromatic carbocycles. The average Bonchev–Trinajstić information content (AvgIpc) is 2.16. The van der Waals surface area contributed by atoms with Crippen LogP contribution in [0.5, 0.6) is 0 Å². The third-order valence-corrected chi connectivity index (χ3v) is 2.58. The van der Waals surface area contributed by atoms with Crippen LogP contribution in [0.1, 0.15) is 33.6 Å². The predicted molar refractivity (Wildman–Crippen MR) is 66.4 cm³/mol. The first-order valence-corrected chi connectivity index (χ1v) is 5.97. The SMILES string of the molecule is CCC(C)(C)OCCNCCCN(C)C. The minimum atomic E-state index is 0.0331. The second kappa shape index (κ2) is 8.08. The van der Waals surface area contributed by atoms with Crippen molar-refractivity contribution in [2.75, 3.05) is 40.3 Å². The predicted octanol–water partition coefficient (Wildman–Crippen LogP) is 1.73. The molecule has 0 saturated heterocycles. The molecule has 0 unspecified atom stereocenters. The number of hydrogen-bond donors (Lipinski definition) is 1. The molecule has 0 spiro atoms. The van der Waals surface area contributed by atoms with Crippen molar-refractivity contribution in [1.82, 2.24) is 10.2 Å². The molecule has 0 rings (SSSR count). The van der Waals surface area contributed by atoms with Crippen LogP contribution in [0.4, 0.5) is 0 Å². The summed E-state index contributed by atoms with van der Waals surface area (Å²) in [5.74, 6) is 0. The normalized spacial score (nSPS) is 12.4. The van der Waals surface area contributed by atoms with E-state index in [1.807, 2.05) is 0 Å². The maximum absolute atomic E-state index is 5.73. The van der Waals surface area contributed by atoms with Crippen LogP contribution in [-0.2, 0) is 4.74 Å². The summed E-state index contributed by atoms with van der Waals surface area (Å²) < 4.78 is 5.73. The molecule has 0 radical (unpaired) electrons. The van der Waals surface area contributed by atoms with Crippen molar-refractivity contribution < 1.29 is 4.74 Å². The van der Waals surface area contributed by atoms with Gasteiger partial charge in [0, 0.05) is 6.54 Å². The summed E-state index contributed by atoms with van der Waals surface area (Å²) in [6, 6.07) is 0. The van der Waals surface area contributed by atoms with Crippen molar-refractivity contribution in [1.29, 1.82) is 0 Å². The molecule has 0 aliphatic heterocycles. The Morgan fingerprint density at radius 1 is 1.20 bits per heavy atom. The zero-order valence-corrected chi connectivity index (χ0v) is 11.1. The van der Waals surface area contributed by atoms with Crippen LogP contribution >= 0.6 is 0 Å². The smallest absolute Gasteiger partial charge is 0.0624 e. The van der Waals surface area contributed by atoms with Crippen molar-refractivity contribution in [3.8, 4) is 0 Å². The number of nitrogens with one attached hydrogen (secondary N) is 1. The van der Waals surface area contributed by atoms with Crippen molar-refractivity contribution in [2.24, 2.45) is 0 Å². The van der Waals surface area contributed by atoms with E-state index in [4.69, 9.17) is 4.74 Å². The summed E-state index contributed by atoms with van der Waals surface area (Å²) in [5.41, 5.74) is 0.0331. The minimum absolute atomic E-state index is 0.0331. The topological polar surface area (TPSA) is 24.5 Å². The van der Waals surface area contributed by atoms with Gasteiger partial charge in [0.05, 0.1) is 12.2 Å². The first kappa shape index (κ1) is 14.9. The molecule has 0 amide bonds. The van der Waals surface area contributed by atoms with Gasteiger partial charge in [-0.3, -0.25) is 0 Å². The van der Waals surface area contributed by atoms with Crippen LogP contribution < -0.4 is 5.32 Å². The van der Waals surface area contributed by atoms with Crippen molar-refractivity contribution in [2.45, 2.75) is 39.2 Å². The lowest BCUT2D eigenvalue weighted by molar-refractivity contribution is -0.0179. The Morgan fingerprint density at radius 2 is 1.87 bits per heavy atom. The molecule has 0 aliphatic carbocycles. The van der Waals surface area contributed by atoms with Gasteiger partial charge in [0.15, 0.2) is 0 Å². The quantitative estimate of drug-likeness (QED) is 0.594. The zero-order valence-electron chi connectivity index (χ0n) is 11.1. The molecule has 0 atom stereocenters. The van der Waals surface area contributed by atoms with E-state index in [0.29, 0.717) is 0 Å². The Labute approximate surface area is 95.2 Å². The van der Waals surface area contributed by atoms with Gasteiger partial charge < -0.3 is 15.0 Å². The Kier molecular flexibility index (Phi) is 8.02. The molecule has 1 N–H and O–H groups in total. The van der Waals surface area contributed by atoms with Crippen LogP contribution in [0.3, 0.4) is 0 Å². The average molecular weight is 216 g/mol. The van der Waals surface area contributed by atoms with E-state index < -0.39 is 0 Å². The molecule has 0 fully saturated rings. The molecule has 0 saturated carbocycles. The van der Waals surface area contributed by atoms with Crippen LogP contribution in [0.2, 0.25) is 0 Å². The minimum Gasteiger partial charge on any atom is -0.374 e. The lowest BCUT2D eigenvalue weighted by Gasteiger charge is -2.23. The van der Waals surface area contributed by atoms with Gasteiger partial charge in [-0.2, -0.15) is 0 Å². The molecule has 0 aromatic rings. The summed E-state index contributed by atoms with van der Waals surface area (Å²) in [4.78, 5) is 2.21. The second-order valence-corrected chi connectivity index (χ2v) is 4.87. The first-order chi connectivity index (χ1) is 6.98. The molecule has 0 aromatic heterocycles. The van der Waals surface area contributed by atoms with Crippen molar-refractivity contribution in [3.63, 3.8) is 0 Å². The van der Waals surface area contributed by atoms with Gasteiger partial charge in [-0.1, -0.05) is 6.92 Å². The first-order valence-electron chi connectivity index (χ1n) is 5.97. The third-order valence-electron chi connectivity index (χ3n) is 2.58. The number of ether oxygens (including phenoxy) is 1. The van der Waals surface area contributed by atoms with E-state index in [1.54, 1.807) is 0 Å². The summed E-state index contributed by atoms with van der Waals surface area (Å²) >= 11 is 0. The third kappa shape index (κ3) is 10.2. The lowest BCUT2D eigenvalue weighted by atomic mass is 10.1. The molecule has 3 nitrogen and oxygen atoms in total. The molecule has 3 heteroatoms. The highest BCUT2D eigenvalue weighted by atomic mass is 16.5. The van der Waals surface area contributed by atoms with Crippen molar-refractivity contribution in [3.05, 3.63) is 0 Å². The maximum atomic E-state index is 5.73. The van der Waals surface area contributed by atoms with Gasteiger partial charge in [0.1, 0.15) is 0 Å². The summed E-state index contributed by atoms with van der Waals surface area (Å²) in [6.45, 7) is 10.4. The zero-order chi connectivity index (χ0) is 11.7. The molecule has 15 heavy (non-hydrogen) atoms. The molecular formula is C12H28N2O. The van der Waals surface area contributed by atoms with Gasteiger partial charge in [-0.05, 0) is 53.9 Å². The summed E-state index contributed by atoms with van der Waals surface area (Å²) in [5, 5.41) is 3.39. The van der Waals surface area contributed by atoms with E-state index in [1.165, 1.54) is 6.42 Å². The highest BCUT2D eigenvalue weighted by molar-refractivity contribution is 4.65. The Balaban J connectivity index is 3.18. The van der Waals surface area contributed by atoms with Gasteiger partial charge in [0.2, 0.25) is 0 Å². The van der Waals surface area contributed by atoms with Crippen LogP contribution in [-0.4, -0.2) is 50.8 Å². The summed E-state index contributed by atoms with van der Waals surface area (Å²) in [6.07, 6.45) is 2.26. The molecular weight excluding hydrogens is 188 g/mol. The largest absolute Gasteiger partial charge is 0.374 e. The Bertz CT molecular complexity index is 147. The number of nitrogens with zero attached hydrogens (tertiary/aromatic N) is 1. The van der Waals surface area contributed by atoms with E-state index in [9.17, 15) is 0 Å². The van der Waals surface area contributed by atoms with E-state index >= 15 is 0 Å². The monoisotopic (exact) mass is 216 g/mol. The Morgan fingerprint density at radius 3 is 2.40 bits per heavy atom. The van der Waals surface area contributed by atoms with Crippen LogP contribution in [0, 0.1) is 0 Å². The second-order valence-electron chi connectivity index (χ2n) is 4.87. The fourth-order valence-electron chi connectivity index (χ4n) is 1.15. The van der Waals surface area contributed by atoms with Crippen molar-refractivity contribution >= 4 is 0 Å². The van der Waals surface area contributed by atoms with Crippen LogP contribution in [0.25, 0.3) is 0 Å². The molecule has 0 aliphatic rings. The van der Waals surface area contributed by atoms with Gasteiger partial charge >= 0.3 is 0 Å². The Hall–Kier alpha value is -0.120. The highest BCUT2D eigenvalue weighted by Crippen LogP contribution is 2.12. The maximum Gasteiger partial charge on any atom is 0.0624 e. The lowest BCUT2D eigenvalue weighted by Crippen LogP contribution is -2.29. The highest BCUT2D eigenvalue weighted by Gasteiger charge is 2.13. The van der Waals surface area contributed by atoms with Crippen LogP contribution in [0.15, 0.2) is 0 Å². The van der Waals surface area contributed by atoms with E-state index in [-0.39, 0.29) is 5.60 Å². The van der Waals surface area contributed by atoms with E-state index in [0.717, 1.165) is 32.7 Å². The van der Waals surface area contributed by atoms with E-state index in [2.05, 4.69) is 45.1 Å². The molecule has 0 heterocycles. The summed E-state index contributed by atoms with van der Waals surface area (Å²) in [7, 11) is 4.21. The van der Waals surface area contributed by atoms with Gasteiger partial charge in [-0.15, -0.1) is 0 Å². The van der Waals surface area contributed by atoms with Gasteiger partial charge in [-0.25, -0.2) is 0 Å². The van der Waals surface area contributed by atoms with Gasteiger partial charge in [0.25, 0.3) is 0 Å². The number of hydrogen-bond acceptors (Lipinski definition) is 3. The molecule has 0 bridgehead atoms. The standard InChI is InChI=1S/C12H28N2O/c1-6-12(2,3)15-11-9-13-8-7-10-14(4)5/h13H,6-11H2,1-5H3. The fraction of sp³-hybridized carbons (Fsp3) is 1.00. The number of rotatable bonds is 9. The molecule has 92 valence electrons. The fourth-order valence-corrected chi connectivity index (χ4v) is 1.15.